The maximum atomic E-state index is 13.8. The Kier molecular flexibility index (Phi) is 4.46. The zero-order valence-corrected chi connectivity index (χ0v) is 12.0. The molecular weight excluding hydrogens is 284 g/mol. The molecule has 2 aromatic rings. The van der Waals surface area contributed by atoms with Crippen molar-refractivity contribution < 1.29 is 4.39 Å². The zero-order chi connectivity index (χ0) is 14.0. The molecule has 1 nitrogen and oxygen atoms in total. The van der Waals surface area contributed by atoms with E-state index in [1.165, 1.54) is 6.07 Å². The van der Waals surface area contributed by atoms with Crippen molar-refractivity contribution in [2.75, 3.05) is 0 Å². The van der Waals surface area contributed by atoms with Crippen LogP contribution in [0.5, 0.6) is 0 Å². The van der Waals surface area contributed by atoms with E-state index in [0.717, 1.165) is 11.1 Å². The van der Waals surface area contributed by atoms with Crippen molar-refractivity contribution in [1.29, 1.82) is 0 Å². The van der Waals surface area contributed by atoms with Gasteiger partial charge in [-0.05, 0) is 42.2 Å². The van der Waals surface area contributed by atoms with E-state index in [1.54, 1.807) is 12.1 Å². The highest BCUT2D eigenvalue weighted by Crippen LogP contribution is 2.27. The molecule has 0 amide bonds. The molecule has 0 aliphatic carbocycles. The summed E-state index contributed by atoms with van der Waals surface area (Å²) < 4.78 is 13.8. The summed E-state index contributed by atoms with van der Waals surface area (Å²) in [6.45, 7) is 1.91. The van der Waals surface area contributed by atoms with Crippen LogP contribution in [0.1, 0.15) is 22.7 Å². The minimum absolute atomic E-state index is 0.118. The molecule has 0 aromatic heterocycles. The topological polar surface area (TPSA) is 26.0 Å². The Morgan fingerprint density at radius 2 is 1.74 bits per heavy atom. The van der Waals surface area contributed by atoms with Gasteiger partial charge < -0.3 is 5.73 Å². The fourth-order valence-electron chi connectivity index (χ4n) is 2.08. The van der Waals surface area contributed by atoms with E-state index >= 15 is 0 Å². The summed E-state index contributed by atoms with van der Waals surface area (Å²) in [4.78, 5) is 0. The smallest absolute Gasteiger partial charge is 0.145 e. The van der Waals surface area contributed by atoms with Crippen LogP contribution in [0.15, 0.2) is 36.4 Å². The number of hydrogen-bond acceptors (Lipinski definition) is 1. The third-order valence-electron chi connectivity index (χ3n) is 3.18. The zero-order valence-electron chi connectivity index (χ0n) is 10.5. The van der Waals surface area contributed by atoms with Crippen LogP contribution >= 0.6 is 23.2 Å². The van der Waals surface area contributed by atoms with E-state index in [4.69, 9.17) is 28.9 Å². The summed E-state index contributed by atoms with van der Waals surface area (Å²) >= 11 is 11.8. The molecule has 1 unspecified atom stereocenters. The second kappa shape index (κ2) is 5.91. The Morgan fingerprint density at radius 3 is 2.47 bits per heavy atom. The number of rotatable bonds is 3. The summed E-state index contributed by atoms with van der Waals surface area (Å²) in [6.07, 6.45) is 0.383. The predicted molar refractivity (Wildman–Crippen MR) is 78.2 cm³/mol. The quantitative estimate of drug-likeness (QED) is 0.874. The van der Waals surface area contributed by atoms with Gasteiger partial charge in [-0.1, -0.05) is 47.5 Å². The molecule has 2 N–H and O–H groups in total. The molecule has 0 saturated carbocycles. The van der Waals surface area contributed by atoms with Crippen LogP contribution in [0.3, 0.4) is 0 Å². The SMILES string of the molecule is Cc1c(Cl)cccc1C(N)Cc1cccc(Cl)c1F. The highest BCUT2D eigenvalue weighted by Gasteiger charge is 2.14. The third kappa shape index (κ3) is 3.08. The predicted octanol–water partition coefficient (Wildman–Crippen LogP) is 4.68. The first-order chi connectivity index (χ1) is 9.00. The maximum Gasteiger partial charge on any atom is 0.145 e. The molecule has 2 aromatic carbocycles. The molecule has 2 rings (SSSR count). The molecule has 0 aliphatic rings. The van der Waals surface area contributed by atoms with Crippen molar-refractivity contribution in [2.45, 2.75) is 19.4 Å². The second-order valence-corrected chi connectivity index (χ2v) is 5.29. The molecule has 1 atom stereocenters. The number of hydrogen-bond donors (Lipinski definition) is 1. The van der Waals surface area contributed by atoms with Gasteiger partial charge in [-0.15, -0.1) is 0 Å². The van der Waals surface area contributed by atoms with Gasteiger partial charge in [0.05, 0.1) is 5.02 Å². The van der Waals surface area contributed by atoms with Crippen molar-refractivity contribution in [3.63, 3.8) is 0 Å². The highest BCUT2D eigenvalue weighted by molar-refractivity contribution is 6.31. The van der Waals surface area contributed by atoms with Crippen LogP contribution in [0, 0.1) is 12.7 Å². The van der Waals surface area contributed by atoms with E-state index in [0.29, 0.717) is 17.0 Å². The molecule has 0 aliphatic heterocycles. The molecule has 0 bridgehead atoms. The fourth-order valence-corrected chi connectivity index (χ4v) is 2.45. The molecule has 0 radical (unpaired) electrons. The Morgan fingerprint density at radius 1 is 1.11 bits per heavy atom. The second-order valence-electron chi connectivity index (χ2n) is 4.48. The molecule has 0 saturated heterocycles. The van der Waals surface area contributed by atoms with Gasteiger partial charge in [-0.3, -0.25) is 0 Å². The fraction of sp³-hybridized carbons (Fsp3) is 0.200. The maximum absolute atomic E-state index is 13.8. The lowest BCUT2D eigenvalue weighted by Gasteiger charge is -2.16. The summed E-state index contributed by atoms with van der Waals surface area (Å²) in [6, 6.07) is 10.2. The first kappa shape index (κ1) is 14.3. The number of nitrogens with two attached hydrogens (primary N) is 1. The lowest BCUT2D eigenvalue weighted by Crippen LogP contribution is -2.15. The van der Waals surface area contributed by atoms with Crippen LogP contribution in [0.25, 0.3) is 0 Å². The largest absolute Gasteiger partial charge is 0.324 e. The van der Waals surface area contributed by atoms with E-state index in [-0.39, 0.29) is 11.1 Å². The van der Waals surface area contributed by atoms with Gasteiger partial charge in [0.25, 0.3) is 0 Å². The lowest BCUT2D eigenvalue weighted by molar-refractivity contribution is 0.593. The minimum atomic E-state index is -0.403. The monoisotopic (exact) mass is 297 g/mol. The van der Waals surface area contributed by atoms with E-state index in [1.807, 2.05) is 25.1 Å². The van der Waals surface area contributed by atoms with Crippen molar-refractivity contribution in [1.82, 2.24) is 0 Å². The highest BCUT2D eigenvalue weighted by atomic mass is 35.5. The molecule has 100 valence electrons. The van der Waals surface area contributed by atoms with E-state index < -0.39 is 5.82 Å². The van der Waals surface area contributed by atoms with Crippen LogP contribution in [-0.2, 0) is 6.42 Å². The number of halogens is 3. The van der Waals surface area contributed by atoms with Gasteiger partial charge in [0.1, 0.15) is 5.82 Å². The van der Waals surface area contributed by atoms with Crippen molar-refractivity contribution >= 4 is 23.2 Å². The van der Waals surface area contributed by atoms with Crippen LogP contribution in [-0.4, -0.2) is 0 Å². The van der Waals surface area contributed by atoms with Crippen LogP contribution < -0.4 is 5.73 Å². The van der Waals surface area contributed by atoms with Gasteiger partial charge in [-0.25, -0.2) is 4.39 Å². The van der Waals surface area contributed by atoms with Gasteiger partial charge in [0.15, 0.2) is 0 Å². The average Bonchev–Trinajstić information content (AvgIpc) is 2.38. The Hall–Kier alpha value is -1.09. The average molecular weight is 298 g/mol. The van der Waals surface area contributed by atoms with Gasteiger partial charge in [0.2, 0.25) is 0 Å². The minimum Gasteiger partial charge on any atom is -0.324 e. The summed E-state index contributed by atoms with van der Waals surface area (Å²) in [5.74, 6) is -0.403. The molecular formula is C15H14Cl2FN. The molecule has 0 fully saturated rings. The van der Waals surface area contributed by atoms with Crippen LogP contribution in [0.2, 0.25) is 10.0 Å². The van der Waals surface area contributed by atoms with Crippen molar-refractivity contribution in [2.24, 2.45) is 5.73 Å². The van der Waals surface area contributed by atoms with Gasteiger partial charge in [0, 0.05) is 11.1 Å². The lowest BCUT2D eigenvalue weighted by atomic mass is 9.96. The normalized spacial score (nSPS) is 12.5. The summed E-state index contributed by atoms with van der Waals surface area (Å²) in [5.41, 5.74) is 8.51. The number of benzene rings is 2. The van der Waals surface area contributed by atoms with Gasteiger partial charge >= 0.3 is 0 Å². The van der Waals surface area contributed by atoms with Gasteiger partial charge in [-0.2, -0.15) is 0 Å². The summed E-state index contributed by atoms with van der Waals surface area (Å²) in [5, 5.41) is 0.784. The first-order valence-corrected chi connectivity index (χ1v) is 6.69. The van der Waals surface area contributed by atoms with E-state index in [2.05, 4.69) is 0 Å². The molecule has 4 heteroatoms. The molecule has 19 heavy (non-hydrogen) atoms. The standard InChI is InChI=1S/C15H14Cl2FN/c1-9-11(5-3-6-12(9)16)14(19)8-10-4-2-7-13(17)15(10)18/h2-7,14H,8,19H2,1H3. The summed E-state index contributed by atoms with van der Waals surface area (Å²) in [7, 11) is 0. The Balaban J connectivity index is 2.28. The Labute approximate surface area is 122 Å². The molecule has 0 spiro atoms. The first-order valence-electron chi connectivity index (χ1n) is 5.94. The van der Waals surface area contributed by atoms with Crippen LogP contribution in [0.4, 0.5) is 4.39 Å². The van der Waals surface area contributed by atoms with Crippen molar-refractivity contribution in [3.05, 3.63) is 69.0 Å². The third-order valence-corrected chi connectivity index (χ3v) is 3.88. The molecule has 0 heterocycles. The Bertz CT molecular complexity index is 599. The van der Waals surface area contributed by atoms with Crippen molar-refractivity contribution in [3.8, 4) is 0 Å². The van der Waals surface area contributed by atoms with E-state index in [9.17, 15) is 4.39 Å².